The summed E-state index contributed by atoms with van der Waals surface area (Å²) in [6, 6.07) is 4.07. The third kappa shape index (κ3) is 6.13. The Morgan fingerprint density at radius 2 is 2.09 bits per heavy atom. The minimum Gasteiger partial charge on any atom is -0.468 e. The number of carbonyl (C=O) groups is 1. The molecule has 0 aliphatic heterocycles. The number of benzene rings is 1. The summed E-state index contributed by atoms with van der Waals surface area (Å²) in [6.07, 6.45) is 13.7. The summed E-state index contributed by atoms with van der Waals surface area (Å²) in [5.74, 6) is 0. The van der Waals surface area contributed by atoms with Crippen molar-refractivity contribution in [2.45, 2.75) is 26.3 Å². The van der Waals surface area contributed by atoms with E-state index in [1.165, 1.54) is 5.57 Å². The number of imidazole rings is 1. The zero-order valence-electron chi connectivity index (χ0n) is 19.6. The molecule has 2 aromatic rings. The maximum Gasteiger partial charge on any atom is 0.297 e. The number of carbonyl (C=O) groups excluding carboxylic acids is 1. The molecule has 1 N–H and O–H groups in total. The zero-order valence-corrected chi connectivity index (χ0v) is 20.4. The maximum absolute atomic E-state index is 12.1. The molecule has 0 fully saturated rings. The van der Waals surface area contributed by atoms with Gasteiger partial charge in [-0.1, -0.05) is 23.8 Å². The number of nitrogens with one attached hydrogen (secondary N) is 1. The van der Waals surface area contributed by atoms with E-state index < -0.39 is 10.0 Å². The molecule has 33 heavy (non-hydrogen) atoms. The molecule has 0 saturated carbocycles. The van der Waals surface area contributed by atoms with Crippen LogP contribution in [-0.4, -0.2) is 56.6 Å². The van der Waals surface area contributed by atoms with Gasteiger partial charge in [0.2, 0.25) is 10.0 Å². The maximum atomic E-state index is 12.1. The topological polar surface area (TPSA) is 93.5 Å². The average Bonchev–Trinajstić information content (AvgIpc) is 3.10. The van der Waals surface area contributed by atoms with Crippen molar-refractivity contribution in [3.63, 3.8) is 0 Å². The van der Waals surface area contributed by atoms with Gasteiger partial charge in [0.25, 0.3) is 6.01 Å². The first-order chi connectivity index (χ1) is 15.6. The smallest absolute Gasteiger partial charge is 0.297 e. The number of hydrogen-bond acceptors (Lipinski definition) is 6. The van der Waals surface area contributed by atoms with Crippen molar-refractivity contribution in [3.8, 4) is 6.01 Å². The Kier molecular flexibility index (Phi) is 7.43. The van der Waals surface area contributed by atoms with Crippen LogP contribution in [0.25, 0.3) is 16.6 Å². The van der Waals surface area contributed by atoms with E-state index in [9.17, 15) is 13.2 Å². The molecule has 1 aliphatic rings. The molecule has 0 unspecified atom stereocenters. The molecule has 0 saturated heterocycles. The first kappa shape index (κ1) is 24.3. The second-order valence-electron chi connectivity index (χ2n) is 8.30. The van der Waals surface area contributed by atoms with Crippen molar-refractivity contribution in [1.82, 2.24) is 14.5 Å². The predicted molar refractivity (Wildman–Crippen MR) is 133 cm³/mol. The van der Waals surface area contributed by atoms with Crippen LogP contribution in [0.15, 0.2) is 53.8 Å². The van der Waals surface area contributed by atoms with Gasteiger partial charge in [-0.15, -0.1) is 0 Å². The fourth-order valence-electron chi connectivity index (χ4n) is 3.69. The van der Waals surface area contributed by atoms with Crippen LogP contribution >= 0.6 is 0 Å². The van der Waals surface area contributed by atoms with E-state index in [1.807, 2.05) is 41.9 Å². The number of hydrogen-bond donors (Lipinski definition) is 1. The van der Waals surface area contributed by atoms with Gasteiger partial charge in [0.15, 0.2) is 0 Å². The summed E-state index contributed by atoms with van der Waals surface area (Å²) in [4.78, 5) is 17.8. The molecule has 1 heterocycles. The van der Waals surface area contributed by atoms with Crippen molar-refractivity contribution in [2.24, 2.45) is 0 Å². The van der Waals surface area contributed by atoms with Crippen molar-refractivity contribution in [2.75, 3.05) is 32.2 Å². The van der Waals surface area contributed by atoms with Gasteiger partial charge in [-0.2, -0.15) is 4.98 Å². The Morgan fingerprint density at radius 1 is 1.33 bits per heavy atom. The number of aldehydes is 1. The van der Waals surface area contributed by atoms with Gasteiger partial charge in [0, 0.05) is 26.8 Å². The normalized spacial score (nSPS) is 14.9. The number of nitrogens with zero attached hydrogens (tertiary/aromatic N) is 3. The Balaban J connectivity index is 2.30. The SMILES string of the molecule is COc1nc2c(NS(C)(=O)=O)cc(C(/C=C(/C)C=O)=C/N(C)C)cc2n1CC1=CC=CCC1. The molecule has 1 aromatic carbocycles. The first-order valence-electron chi connectivity index (χ1n) is 10.5. The Hall–Kier alpha value is -3.33. The van der Waals surface area contributed by atoms with E-state index in [-0.39, 0.29) is 0 Å². The van der Waals surface area contributed by atoms with Crippen LogP contribution in [0.5, 0.6) is 6.01 Å². The molecule has 9 heteroatoms. The third-order valence-corrected chi connectivity index (χ3v) is 5.65. The lowest BCUT2D eigenvalue weighted by Gasteiger charge is -2.15. The molecule has 0 radical (unpaired) electrons. The number of ether oxygens (including phenoxy) is 1. The van der Waals surface area contributed by atoms with E-state index in [4.69, 9.17) is 4.74 Å². The third-order valence-electron chi connectivity index (χ3n) is 5.06. The minimum absolute atomic E-state index is 0.349. The van der Waals surface area contributed by atoms with E-state index in [0.717, 1.165) is 42.0 Å². The fourth-order valence-corrected chi connectivity index (χ4v) is 4.25. The molecule has 0 spiro atoms. The number of methoxy groups -OCH3 is 1. The number of sulfonamides is 1. The highest BCUT2D eigenvalue weighted by atomic mass is 32.2. The quantitative estimate of drug-likeness (QED) is 0.341. The number of rotatable bonds is 9. The van der Waals surface area contributed by atoms with Gasteiger partial charge in [-0.05, 0) is 54.7 Å². The van der Waals surface area contributed by atoms with Crippen molar-refractivity contribution in [1.29, 1.82) is 0 Å². The van der Waals surface area contributed by atoms with Crippen LogP contribution in [0, 0.1) is 0 Å². The summed E-state index contributed by atoms with van der Waals surface area (Å²) >= 11 is 0. The molecule has 3 rings (SSSR count). The van der Waals surface area contributed by atoms with Crippen LogP contribution in [0.3, 0.4) is 0 Å². The lowest BCUT2D eigenvalue weighted by atomic mass is 10.0. The minimum atomic E-state index is -3.56. The van der Waals surface area contributed by atoms with Gasteiger partial charge in [-0.25, -0.2) is 8.42 Å². The standard InChI is InChI=1S/C24H30N4O4S/c1-17(16-29)11-20(15-27(2)3)19-12-21(26-33(5,30)31)23-22(13-19)28(24(25-23)32-4)14-18-9-7-6-8-10-18/h6-7,9,11-13,15-16,26H,8,10,14H2,1-5H3/b17-11-,20-15+. The lowest BCUT2D eigenvalue weighted by Crippen LogP contribution is -2.11. The number of aromatic nitrogens is 2. The van der Waals surface area contributed by atoms with E-state index >= 15 is 0 Å². The molecular weight excluding hydrogens is 440 g/mol. The van der Waals surface area contributed by atoms with E-state index in [1.54, 1.807) is 26.2 Å². The number of fused-ring (bicyclic) bond motifs is 1. The second kappa shape index (κ2) is 10.1. The number of anilines is 1. The Bertz CT molecular complexity index is 1280. The van der Waals surface area contributed by atoms with Gasteiger partial charge in [-0.3, -0.25) is 14.1 Å². The van der Waals surface area contributed by atoms with Crippen molar-refractivity contribution >= 4 is 38.6 Å². The van der Waals surface area contributed by atoms with Crippen LogP contribution in [0.1, 0.15) is 25.3 Å². The largest absolute Gasteiger partial charge is 0.468 e. The molecule has 176 valence electrons. The summed E-state index contributed by atoms with van der Waals surface area (Å²) in [5, 5.41) is 0. The molecule has 8 nitrogen and oxygen atoms in total. The van der Waals surface area contributed by atoms with Crippen LogP contribution in [0.4, 0.5) is 5.69 Å². The van der Waals surface area contributed by atoms with Gasteiger partial charge >= 0.3 is 0 Å². The number of allylic oxidation sites excluding steroid dienone is 7. The molecule has 0 bridgehead atoms. The molecule has 0 amide bonds. The van der Waals surface area contributed by atoms with Crippen LogP contribution < -0.4 is 9.46 Å². The zero-order chi connectivity index (χ0) is 24.2. The average molecular weight is 471 g/mol. The highest BCUT2D eigenvalue weighted by molar-refractivity contribution is 7.92. The first-order valence-corrected chi connectivity index (χ1v) is 12.4. The second-order valence-corrected chi connectivity index (χ2v) is 10.0. The highest BCUT2D eigenvalue weighted by Crippen LogP contribution is 2.34. The van der Waals surface area contributed by atoms with E-state index in [0.29, 0.717) is 29.3 Å². The predicted octanol–water partition coefficient (Wildman–Crippen LogP) is 3.74. The molecule has 1 aliphatic carbocycles. The summed E-state index contributed by atoms with van der Waals surface area (Å²) in [7, 11) is 1.75. The summed E-state index contributed by atoms with van der Waals surface area (Å²) < 4.78 is 34.4. The van der Waals surface area contributed by atoms with Gasteiger partial charge in [0.1, 0.15) is 11.8 Å². The Labute approximate surface area is 195 Å². The van der Waals surface area contributed by atoms with Gasteiger partial charge < -0.3 is 9.64 Å². The molecule has 0 atom stereocenters. The summed E-state index contributed by atoms with van der Waals surface area (Å²) in [5.41, 5.74) is 4.84. The van der Waals surface area contributed by atoms with E-state index in [2.05, 4.69) is 21.9 Å². The summed E-state index contributed by atoms with van der Waals surface area (Å²) in [6.45, 7) is 2.29. The van der Waals surface area contributed by atoms with Crippen molar-refractivity contribution < 1.29 is 17.9 Å². The van der Waals surface area contributed by atoms with Crippen molar-refractivity contribution in [3.05, 3.63) is 59.3 Å². The fraction of sp³-hybridized carbons (Fsp3) is 0.333. The highest BCUT2D eigenvalue weighted by Gasteiger charge is 2.19. The monoisotopic (exact) mass is 470 g/mol. The van der Waals surface area contributed by atoms with Crippen LogP contribution in [0.2, 0.25) is 0 Å². The van der Waals surface area contributed by atoms with Crippen LogP contribution in [-0.2, 0) is 21.4 Å². The lowest BCUT2D eigenvalue weighted by molar-refractivity contribution is -0.104. The Morgan fingerprint density at radius 3 is 2.67 bits per heavy atom. The van der Waals surface area contributed by atoms with Gasteiger partial charge in [0.05, 0.1) is 24.6 Å². The molecule has 1 aromatic heterocycles. The molecular formula is C24H30N4O4S.